The lowest BCUT2D eigenvalue weighted by Gasteiger charge is -1.91. The van der Waals surface area contributed by atoms with Gasteiger partial charge >= 0.3 is 0 Å². The summed E-state index contributed by atoms with van der Waals surface area (Å²) in [6.07, 6.45) is 0. The Morgan fingerprint density at radius 2 is 2.22 bits per heavy atom. The standard InChI is InChI=1S/C5H4BrFN2/c1-3-8-4(6)2-5(7)9-3/h2H,1H3. The lowest BCUT2D eigenvalue weighted by molar-refractivity contribution is 0.572. The highest BCUT2D eigenvalue weighted by Gasteiger charge is 1.95. The summed E-state index contributed by atoms with van der Waals surface area (Å²) in [6, 6.07) is 1.22. The molecule has 4 heteroatoms. The van der Waals surface area contributed by atoms with Crippen molar-refractivity contribution in [1.82, 2.24) is 9.97 Å². The molecule has 0 aliphatic carbocycles. The smallest absolute Gasteiger partial charge is 0.217 e. The van der Waals surface area contributed by atoms with Gasteiger partial charge in [0.25, 0.3) is 0 Å². The quantitative estimate of drug-likeness (QED) is 0.583. The minimum absolute atomic E-state index is 0.432. The van der Waals surface area contributed by atoms with Gasteiger partial charge in [0.2, 0.25) is 5.95 Å². The Hall–Kier alpha value is -0.510. The Morgan fingerprint density at radius 1 is 1.56 bits per heavy atom. The van der Waals surface area contributed by atoms with Crippen molar-refractivity contribution < 1.29 is 4.39 Å². The van der Waals surface area contributed by atoms with Crippen molar-refractivity contribution in [2.75, 3.05) is 0 Å². The van der Waals surface area contributed by atoms with Crippen molar-refractivity contribution >= 4 is 15.9 Å². The van der Waals surface area contributed by atoms with E-state index in [9.17, 15) is 4.39 Å². The van der Waals surface area contributed by atoms with Crippen molar-refractivity contribution in [2.45, 2.75) is 6.92 Å². The molecule has 0 amide bonds. The van der Waals surface area contributed by atoms with Crippen LogP contribution in [0.25, 0.3) is 0 Å². The molecule has 1 aromatic rings. The third kappa shape index (κ3) is 1.71. The molecule has 1 rings (SSSR count). The highest BCUT2D eigenvalue weighted by Crippen LogP contribution is 2.05. The average molecular weight is 191 g/mol. The largest absolute Gasteiger partial charge is 0.226 e. The summed E-state index contributed by atoms with van der Waals surface area (Å²) in [7, 11) is 0. The van der Waals surface area contributed by atoms with Gasteiger partial charge in [0.1, 0.15) is 10.4 Å². The van der Waals surface area contributed by atoms with E-state index in [0.717, 1.165) is 0 Å². The van der Waals surface area contributed by atoms with Crippen molar-refractivity contribution in [3.63, 3.8) is 0 Å². The van der Waals surface area contributed by atoms with Gasteiger partial charge in [0.15, 0.2) is 0 Å². The maximum Gasteiger partial charge on any atom is 0.217 e. The van der Waals surface area contributed by atoms with Gasteiger partial charge in [0, 0.05) is 6.07 Å². The molecular formula is C5H4BrFN2. The summed E-state index contributed by atoms with van der Waals surface area (Å²) < 4.78 is 12.7. The molecular weight excluding hydrogens is 187 g/mol. The van der Waals surface area contributed by atoms with E-state index in [1.165, 1.54) is 6.07 Å². The molecule has 1 aromatic heterocycles. The molecule has 0 aliphatic heterocycles. The molecule has 0 fully saturated rings. The Morgan fingerprint density at radius 3 is 2.67 bits per heavy atom. The van der Waals surface area contributed by atoms with E-state index in [1.54, 1.807) is 6.92 Å². The maximum absolute atomic E-state index is 12.2. The van der Waals surface area contributed by atoms with Gasteiger partial charge in [-0.15, -0.1) is 0 Å². The SMILES string of the molecule is Cc1nc(F)cc(Br)n1. The minimum atomic E-state index is -0.505. The van der Waals surface area contributed by atoms with Crippen LogP contribution in [0.2, 0.25) is 0 Å². The maximum atomic E-state index is 12.2. The highest BCUT2D eigenvalue weighted by molar-refractivity contribution is 9.10. The predicted molar refractivity (Wildman–Crippen MR) is 34.4 cm³/mol. The van der Waals surface area contributed by atoms with Crippen LogP contribution in [0.4, 0.5) is 4.39 Å². The van der Waals surface area contributed by atoms with Crippen LogP contribution in [0.1, 0.15) is 5.82 Å². The zero-order chi connectivity index (χ0) is 6.85. The molecule has 1 heterocycles. The van der Waals surface area contributed by atoms with Gasteiger partial charge in [-0.1, -0.05) is 0 Å². The third-order valence-electron chi connectivity index (χ3n) is 0.775. The van der Waals surface area contributed by atoms with Crippen LogP contribution >= 0.6 is 15.9 Å². The minimum Gasteiger partial charge on any atom is -0.226 e. The van der Waals surface area contributed by atoms with Crippen LogP contribution in [0.5, 0.6) is 0 Å². The molecule has 0 saturated carbocycles. The molecule has 0 unspecified atom stereocenters. The van der Waals surface area contributed by atoms with E-state index < -0.39 is 5.95 Å². The first-order valence-corrected chi connectivity index (χ1v) is 3.14. The van der Waals surface area contributed by atoms with Crippen molar-refractivity contribution in [3.8, 4) is 0 Å². The third-order valence-corrected chi connectivity index (χ3v) is 1.18. The lowest BCUT2D eigenvalue weighted by Crippen LogP contribution is -1.90. The number of rotatable bonds is 0. The Bertz CT molecular complexity index is 176. The molecule has 48 valence electrons. The number of aromatic nitrogens is 2. The van der Waals surface area contributed by atoms with Gasteiger partial charge in [-0.3, -0.25) is 0 Å². The number of hydrogen-bond acceptors (Lipinski definition) is 2. The van der Waals surface area contributed by atoms with Crippen molar-refractivity contribution in [3.05, 3.63) is 22.4 Å². The summed E-state index contributed by atoms with van der Waals surface area (Å²) in [5.74, 6) is -0.0729. The molecule has 0 aliphatic rings. The van der Waals surface area contributed by atoms with Crippen LogP contribution < -0.4 is 0 Å². The van der Waals surface area contributed by atoms with E-state index in [2.05, 4.69) is 25.9 Å². The average Bonchev–Trinajstić information content (AvgIpc) is 1.59. The molecule has 0 N–H and O–H groups in total. The van der Waals surface area contributed by atoms with Crippen molar-refractivity contribution in [1.29, 1.82) is 0 Å². The predicted octanol–water partition coefficient (Wildman–Crippen LogP) is 1.69. The van der Waals surface area contributed by atoms with Crippen molar-refractivity contribution in [2.24, 2.45) is 0 Å². The first-order valence-electron chi connectivity index (χ1n) is 2.35. The summed E-state index contributed by atoms with van der Waals surface area (Å²) in [6.45, 7) is 1.63. The van der Waals surface area contributed by atoms with E-state index in [0.29, 0.717) is 10.4 Å². The summed E-state index contributed by atoms with van der Waals surface area (Å²) in [5, 5.41) is 0. The second-order valence-electron chi connectivity index (χ2n) is 1.56. The number of aryl methyl sites for hydroxylation is 1. The second kappa shape index (κ2) is 2.39. The van der Waals surface area contributed by atoms with Gasteiger partial charge in [-0.2, -0.15) is 4.39 Å². The fourth-order valence-electron chi connectivity index (χ4n) is 0.497. The summed E-state index contributed by atoms with van der Waals surface area (Å²) >= 11 is 3.02. The fraction of sp³-hybridized carbons (Fsp3) is 0.200. The van der Waals surface area contributed by atoms with Crippen LogP contribution in [-0.2, 0) is 0 Å². The summed E-state index contributed by atoms with van der Waals surface area (Å²) in [5.41, 5.74) is 0. The molecule has 0 saturated heterocycles. The molecule has 0 atom stereocenters. The van der Waals surface area contributed by atoms with Gasteiger partial charge in [0.05, 0.1) is 0 Å². The first kappa shape index (κ1) is 6.61. The second-order valence-corrected chi connectivity index (χ2v) is 2.37. The van der Waals surface area contributed by atoms with E-state index in [4.69, 9.17) is 0 Å². The Kier molecular flexibility index (Phi) is 1.75. The Balaban J connectivity index is 3.17. The fourth-order valence-corrected chi connectivity index (χ4v) is 0.942. The number of nitrogens with zero attached hydrogens (tertiary/aromatic N) is 2. The van der Waals surface area contributed by atoms with E-state index in [-0.39, 0.29) is 0 Å². The van der Waals surface area contributed by atoms with Gasteiger partial charge < -0.3 is 0 Å². The topological polar surface area (TPSA) is 25.8 Å². The highest BCUT2D eigenvalue weighted by atomic mass is 79.9. The van der Waals surface area contributed by atoms with Gasteiger partial charge in [-0.25, -0.2) is 9.97 Å². The van der Waals surface area contributed by atoms with Crippen LogP contribution in [0, 0.1) is 12.9 Å². The zero-order valence-electron chi connectivity index (χ0n) is 4.73. The lowest BCUT2D eigenvalue weighted by atomic mass is 10.6. The van der Waals surface area contributed by atoms with E-state index in [1.807, 2.05) is 0 Å². The molecule has 0 spiro atoms. The Labute approximate surface area is 60.3 Å². The zero-order valence-corrected chi connectivity index (χ0v) is 6.31. The number of halogens is 2. The monoisotopic (exact) mass is 190 g/mol. The normalized spacial score (nSPS) is 9.67. The molecule has 0 bridgehead atoms. The van der Waals surface area contributed by atoms with Crippen LogP contribution in [0.15, 0.2) is 10.7 Å². The molecule has 9 heavy (non-hydrogen) atoms. The van der Waals surface area contributed by atoms with Crippen LogP contribution in [0.3, 0.4) is 0 Å². The van der Waals surface area contributed by atoms with Gasteiger partial charge in [-0.05, 0) is 22.9 Å². The molecule has 2 nitrogen and oxygen atoms in total. The molecule has 0 radical (unpaired) electrons. The first-order chi connectivity index (χ1) is 4.18. The summed E-state index contributed by atoms with van der Waals surface area (Å²) in [4.78, 5) is 7.23. The van der Waals surface area contributed by atoms with E-state index >= 15 is 0 Å². The number of hydrogen-bond donors (Lipinski definition) is 0. The van der Waals surface area contributed by atoms with Crippen LogP contribution in [-0.4, -0.2) is 9.97 Å². The molecule has 0 aromatic carbocycles.